The molecular weight excluding hydrogens is 553 g/mol. The lowest BCUT2D eigenvalue weighted by Crippen LogP contribution is -2.61. The fourth-order valence-electron chi connectivity index (χ4n) is 5.29. The third kappa shape index (κ3) is 6.37. The lowest BCUT2D eigenvalue weighted by molar-refractivity contribution is -0.137. The second-order valence-corrected chi connectivity index (χ2v) is 11.3. The molecule has 0 bridgehead atoms. The third-order valence-corrected chi connectivity index (χ3v) is 7.54. The van der Waals surface area contributed by atoms with Crippen molar-refractivity contribution in [1.29, 1.82) is 0 Å². The van der Waals surface area contributed by atoms with Crippen LogP contribution < -0.4 is 21.3 Å². The number of halogens is 3. The predicted molar refractivity (Wildman–Crippen MR) is 151 cm³/mol. The molecule has 11 nitrogen and oxygen atoms in total. The van der Waals surface area contributed by atoms with Crippen LogP contribution in [-0.2, 0) is 6.18 Å². The molecule has 2 amide bonds. The molecule has 0 saturated carbocycles. The van der Waals surface area contributed by atoms with Crippen molar-refractivity contribution in [2.24, 2.45) is 5.41 Å². The van der Waals surface area contributed by atoms with Gasteiger partial charge in [-0.05, 0) is 48.9 Å². The maximum Gasteiger partial charge on any atom is 0.418 e. The number of aromatic nitrogens is 4. The highest BCUT2D eigenvalue weighted by molar-refractivity contribution is 6.06. The summed E-state index contributed by atoms with van der Waals surface area (Å²) < 4.78 is 40.8. The van der Waals surface area contributed by atoms with Crippen LogP contribution in [0.25, 0.3) is 11.4 Å². The molecule has 1 fully saturated rings. The number of piperidine rings is 1. The minimum Gasteiger partial charge on any atom is -0.465 e. The maximum absolute atomic E-state index is 13.6. The summed E-state index contributed by atoms with van der Waals surface area (Å²) in [6.45, 7) is 8.59. The van der Waals surface area contributed by atoms with E-state index in [1.165, 1.54) is 12.4 Å². The second-order valence-electron chi connectivity index (χ2n) is 11.3. The van der Waals surface area contributed by atoms with Gasteiger partial charge in [-0.25, -0.2) is 19.7 Å². The molecule has 5 N–H and O–H groups in total. The Balaban J connectivity index is 1.68. The number of hydrogen-bond donors (Lipinski definition) is 4. The SMILES string of the molecule is CCC1(NC(=O)O)CCN(c2cccnc2NC(=O)c2nc(-c3ncccc3C(F)(F)F)cnc2N)C(C(C)(C)C)C1. The number of rotatable bonds is 6. The van der Waals surface area contributed by atoms with Crippen molar-refractivity contribution >= 4 is 29.3 Å². The van der Waals surface area contributed by atoms with Crippen molar-refractivity contribution in [3.8, 4) is 11.4 Å². The Morgan fingerprint density at radius 1 is 1.14 bits per heavy atom. The Morgan fingerprint density at radius 2 is 1.83 bits per heavy atom. The van der Waals surface area contributed by atoms with Crippen LogP contribution in [0.5, 0.6) is 0 Å². The smallest absolute Gasteiger partial charge is 0.418 e. The summed E-state index contributed by atoms with van der Waals surface area (Å²) in [5.74, 6) is -0.908. The van der Waals surface area contributed by atoms with Crippen LogP contribution in [0.3, 0.4) is 0 Å². The number of nitrogens with two attached hydrogens (primary N) is 1. The molecule has 1 saturated heterocycles. The average Bonchev–Trinajstić information content (AvgIpc) is 2.92. The topological polar surface area (TPSA) is 159 Å². The zero-order valence-electron chi connectivity index (χ0n) is 23.7. The molecule has 1 aliphatic heterocycles. The summed E-state index contributed by atoms with van der Waals surface area (Å²) in [5, 5.41) is 14.9. The van der Waals surface area contributed by atoms with Crippen molar-refractivity contribution in [2.45, 2.75) is 64.7 Å². The van der Waals surface area contributed by atoms with Crippen LogP contribution in [0.2, 0.25) is 0 Å². The normalized spacial score (nSPS) is 19.3. The molecule has 1 aliphatic rings. The highest BCUT2D eigenvalue weighted by Crippen LogP contribution is 2.42. The van der Waals surface area contributed by atoms with E-state index in [4.69, 9.17) is 5.73 Å². The van der Waals surface area contributed by atoms with Gasteiger partial charge in [0.25, 0.3) is 5.91 Å². The molecule has 0 spiro atoms. The summed E-state index contributed by atoms with van der Waals surface area (Å²) in [4.78, 5) is 43.3. The molecule has 3 aromatic rings. The molecule has 2 unspecified atom stereocenters. The molecule has 224 valence electrons. The molecule has 0 aromatic carbocycles. The van der Waals surface area contributed by atoms with Gasteiger partial charge in [0.1, 0.15) is 11.4 Å². The minimum absolute atomic E-state index is 0.143. The van der Waals surface area contributed by atoms with E-state index in [1.807, 2.05) is 6.92 Å². The fraction of sp³-hybridized carbons (Fsp3) is 0.429. The van der Waals surface area contributed by atoms with Gasteiger partial charge in [0, 0.05) is 30.5 Å². The Kier molecular flexibility index (Phi) is 8.28. The quantitative estimate of drug-likeness (QED) is 0.304. The number of alkyl halides is 3. The number of carbonyl (C=O) groups excluding carboxylic acids is 1. The van der Waals surface area contributed by atoms with E-state index in [0.717, 1.165) is 18.3 Å². The number of pyridine rings is 2. The average molecular weight is 587 g/mol. The number of hydrogen-bond acceptors (Lipinski definition) is 8. The van der Waals surface area contributed by atoms with Crippen molar-refractivity contribution < 1.29 is 27.9 Å². The van der Waals surface area contributed by atoms with E-state index >= 15 is 0 Å². The van der Waals surface area contributed by atoms with Gasteiger partial charge in [-0.3, -0.25) is 9.78 Å². The highest BCUT2D eigenvalue weighted by Gasteiger charge is 2.45. The fourth-order valence-corrected chi connectivity index (χ4v) is 5.29. The number of amides is 2. The van der Waals surface area contributed by atoms with Gasteiger partial charge in [-0.15, -0.1) is 0 Å². The van der Waals surface area contributed by atoms with Crippen molar-refractivity contribution in [1.82, 2.24) is 25.3 Å². The van der Waals surface area contributed by atoms with Crippen molar-refractivity contribution in [2.75, 3.05) is 22.5 Å². The van der Waals surface area contributed by atoms with E-state index in [-0.39, 0.29) is 34.5 Å². The molecule has 14 heteroatoms. The summed E-state index contributed by atoms with van der Waals surface area (Å²) in [7, 11) is 0. The number of nitrogens with one attached hydrogen (secondary N) is 2. The van der Waals surface area contributed by atoms with E-state index in [0.29, 0.717) is 31.5 Å². The van der Waals surface area contributed by atoms with Crippen LogP contribution in [0.1, 0.15) is 63.0 Å². The maximum atomic E-state index is 13.6. The highest BCUT2D eigenvalue weighted by atomic mass is 19.4. The van der Waals surface area contributed by atoms with Crippen LogP contribution in [0.15, 0.2) is 42.9 Å². The van der Waals surface area contributed by atoms with Gasteiger partial charge in [-0.2, -0.15) is 13.2 Å². The summed E-state index contributed by atoms with van der Waals surface area (Å²) in [5.41, 5.74) is 3.45. The lowest BCUT2D eigenvalue weighted by atomic mass is 9.72. The minimum atomic E-state index is -4.70. The molecule has 4 heterocycles. The van der Waals surface area contributed by atoms with Crippen LogP contribution in [0.4, 0.5) is 35.3 Å². The van der Waals surface area contributed by atoms with Gasteiger partial charge in [0.2, 0.25) is 0 Å². The molecule has 0 radical (unpaired) electrons. The predicted octanol–water partition coefficient (Wildman–Crippen LogP) is 5.22. The third-order valence-electron chi connectivity index (χ3n) is 7.54. The van der Waals surface area contributed by atoms with Gasteiger partial charge in [0.15, 0.2) is 17.3 Å². The first kappa shape index (κ1) is 30.5. The number of anilines is 3. The molecule has 3 aromatic heterocycles. The first-order valence-electron chi connectivity index (χ1n) is 13.3. The van der Waals surface area contributed by atoms with E-state index in [1.54, 1.807) is 12.1 Å². The summed E-state index contributed by atoms with van der Waals surface area (Å²) in [6.07, 6.45) is -0.422. The Bertz CT molecular complexity index is 1480. The monoisotopic (exact) mass is 586 g/mol. The van der Waals surface area contributed by atoms with Gasteiger partial charge in [-0.1, -0.05) is 27.7 Å². The standard InChI is InChI=1S/C28H33F3N8O3/c1-5-27(38-25(41)42)10-13-39(19(14-27)26(2,3)4)18-9-7-12-34-23(18)37-24(40)21-22(32)35-15-17(36-21)20-16(28(29,30)31)8-6-11-33-20/h6-9,11-12,15,19,38H,5,10,13-14H2,1-4H3,(H2,32,35)(H,41,42)(H,34,37,40). The van der Waals surface area contributed by atoms with Gasteiger partial charge in [0.05, 0.1) is 17.4 Å². The Morgan fingerprint density at radius 3 is 2.48 bits per heavy atom. The zero-order valence-corrected chi connectivity index (χ0v) is 23.7. The van der Waals surface area contributed by atoms with E-state index < -0.39 is 35.0 Å². The van der Waals surface area contributed by atoms with E-state index in [2.05, 4.69) is 56.2 Å². The van der Waals surface area contributed by atoms with Crippen LogP contribution >= 0.6 is 0 Å². The Labute approximate surface area is 240 Å². The number of carbonyl (C=O) groups is 2. The number of carboxylic acid groups (broad SMARTS) is 1. The summed E-state index contributed by atoms with van der Waals surface area (Å²) >= 11 is 0. The second kappa shape index (κ2) is 11.4. The van der Waals surface area contributed by atoms with Gasteiger partial charge < -0.3 is 26.4 Å². The van der Waals surface area contributed by atoms with Gasteiger partial charge >= 0.3 is 12.3 Å². The number of nitrogens with zero attached hydrogens (tertiary/aromatic N) is 5. The molecule has 0 aliphatic carbocycles. The largest absolute Gasteiger partial charge is 0.465 e. The van der Waals surface area contributed by atoms with Crippen LogP contribution in [0, 0.1) is 5.41 Å². The molecular formula is C28H33F3N8O3. The lowest BCUT2D eigenvalue weighted by Gasteiger charge is -2.52. The van der Waals surface area contributed by atoms with Crippen molar-refractivity contribution in [3.05, 3.63) is 54.1 Å². The first-order valence-corrected chi connectivity index (χ1v) is 13.3. The van der Waals surface area contributed by atoms with Crippen molar-refractivity contribution in [3.63, 3.8) is 0 Å². The Hall–Kier alpha value is -4.49. The summed E-state index contributed by atoms with van der Waals surface area (Å²) in [6, 6.07) is 5.39. The number of nitrogen functional groups attached to an aromatic ring is 1. The van der Waals surface area contributed by atoms with Crippen LogP contribution in [-0.4, -0.2) is 55.2 Å². The molecule has 4 rings (SSSR count). The zero-order chi connectivity index (χ0) is 30.9. The first-order chi connectivity index (χ1) is 19.6. The van der Waals surface area contributed by atoms with E-state index in [9.17, 15) is 27.9 Å². The molecule has 42 heavy (non-hydrogen) atoms. The molecule has 2 atom stereocenters.